The molecule has 68 valence electrons. The van der Waals surface area contributed by atoms with Crippen LogP contribution in [0.25, 0.3) is 0 Å². The van der Waals surface area contributed by atoms with Crippen molar-refractivity contribution in [3.05, 3.63) is 0 Å². The molecular formula is C9H21NO. The molecule has 2 nitrogen and oxygen atoms in total. The fraction of sp³-hybridized carbons (Fsp3) is 1.00. The third kappa shape index (κ3) is 2.46. The van der Waals surface area contributed by atoms with Gasteiger partial charge in [-0.25, -0.2) is 0 Å². The van der Waals surface area contributed by atoms with Gasteiger partial charge >= 0.3 is 0 Å². The minimum atomic E-state index is -0.306. The molecule has 0 rings (SSSR count). The monoisotopic (exact) mass is 159 g/mol. The van der Waals surface area contributed by atoms with Crippen LogP contribution in [0.4, 0.5) is 0 Å². The number of aliphatic hydroxyl groups excluding tert-OH is 1. The molecule has 0 bridgehead atoms. The first-order chi connectivity index (χ1) is 4.98. The second-order valence-corrected chi connectivity index (χ2v) is 3.47. The Morgan fingerprint density at radius 3 is 1.73 bits per heavy atom. The highest BCUT2D eigenvalue weighted by atomic mass is 16.3. The maximum Gasteiger partial charge on any atom is 0.0555 e. The van der Waals surface area contributed by atoms with E-state index in [1.54, 1.807) is 6.92 Å². The average molecular weight is 159 g/mol. The minimum absolute atomic E-state index is 0.178. The van der Waals surface area contributed by atoms with Crippen LogP contribution in [-0.2, 0) is 0 Å². The van der Waals surface area contributed by atoms with E-state index in [1.807, 2.05) is 6.92 Å². The molecule has 2 heteroatoms. The van der Waals surface area contributed by atoms with Gasteiger partial charge in [0.15, 0.2) is 0 Å². The zero-order valence-electron chi connectivity index (χ0n) is 8.09. The third-order valence-corrected chi connectivity index (χ3v) is 2.95. The highest BCUT2D eigenvalue weighted by Crippen LogP contribution is 2.24. The van der Waals surface area contributed by atoms with E-state index in [2.05, 4.69) is 13.8 Å². The fourth-order valence-corrected chi connectivity index (χ4v) is 1.37. The highest BCUT2D eigenvalue weighted by Gasteiger charge is 2.30. The Hall–Kier alpha value is -0.0800. The predicted octanol–water partition coefficient (Wildman–Crippen LogP) is 1.52. The van der Waals surface area contributed by atoms with E-state index in [-0.39, 0.29) is 17.6 Å². The summed E-state index contributed by atoms with van der Waals surface area (Å²) in [4.78, 5) is 0. The molecule has 0 aromatic heterocycles. The van der Waals surface area contributed by atoms with Gasteiger partial charge in [0, 0.05) is 5.54 Å². The van der Waals surface area contributed by atoms with Gasteiger partial charge in [-0.15, -0.1) is 0 Å². The molecule has 0 spiro atoms. The van der Waals surface area contributed by atoms with Gasteiger partial charge in [0.05, 0.1) is 6.10 Å². The van der Waals surface area contributed by atoms with Crippen LogP contribution in [-0.4, -0.2) is 16.7 Å². The molecule has 0 heterocycles. The molecule has 0 saturated heterocycles. The zero-order chi connectivity index (χ0) is 9.07. The molecule has 0 aliphatic heterocycles. The van der Waals surface area contributed by atoms with E-state index in [1.165, 1.54) is 0 Å². The maximum atomic E-state index is 9.34. The Morgan fingerprint density at radius 2 is 1.64 bits per heavy atom. The number of nitrogens with two attached hydrogens (primary N) is 1. The summed E-state index contributed by atoms with van der Waals surface area (Å²) < 4.78 is 0. The van der Waals surface area contributed by atoms with Crippen LogP contribution in [0.1, 0.15) is 40.5 Å². The molecule has 0 amide bonds. The molecular weight excluding hydrogens is 138 g/mol. The van der Waals surface area contributed by atoms with Gasteiger partial charge in [0.1, 0.15) is 0 Å². The largest absolute Gasteiger partial charge is 0.393 e. The highest BCUT2D eigenvalue weighted by molar-refractivity contribution is 4.88. The first-order valence-corrected chi connectivity index (χ1v) is 4.44. The lowest BCUT2D eigenvalue weighted by Crippen LogP contribution is -2.48. The van der Waals surface area contributed by atoms with Crippen LogP contribution in [0.15, 0.2) is 0 Å². The molecule has 0 aromatic carbocycles. The molecule has 11 heavy (non-hydrogen) atoms. The minimum Gasteiger partial charge on any atom is -0.393 e. The van der Waals surface area contributed by atoms with Gasteiger partial charge in [-0.2, -0.15) is 0 Å². The van der Waals surface area contributed by atoms with Crippen molar-refractivity contribution in [1.29, 1.82) is 0 Å². The summed E-state index contributed by atoms with van der Waals surface area (Å²) >= 11 is 0. The molecule has 0 aliphatic carbocycles. The van der Waals surface area contributed by atoms with Crippen molar-refractivity contribution in [1.82, 2.24) is 0 Å². The first kappa shape index (κ1) is 10.9. The Labute approximate surface area is 69.8 Å². The summed E-state index contributed by atoms with van der Waals surface area (Å²) in [6.45, 7) is 7.96. The van der Waals surface area contributed by atoms with Crippen LogP contribution in [0.3, 0.4) is 0 Å². The molecule has 0 aromatic rings. The van der Waals surface area contributed by atoms with Crippen molar-refractivity contribution in [3.8, 4) is 0 Å². The van der Waals surface area contributed by atoms with Gasteiger partial charge in [-0.1, -0.05) is 20.8 Å². The van der Waals surface area contributed by atoms with Crippen molar-refractivity contribution in [2.24, 2.45) is 11.7 Å². The first-order valence-electron chi connectivity index (χ1n) is 4.44. The molecule has 0 fully saturated rings. The SMILES string of the molecule is CCC(N)(CC)C(C)C(C)O. The predicted molar refractivity (Wildman–Crippen MR) is 48.3 cm³/mol. The second-order valence-electron chi connectivity index (χ2n) is 3.47. The van der Waals surface area contributed by atoms with Crippen molar-refractivity contribution in [2.45, 2.75) is 52.2 Å². The second kappa shape index (κ2) is 4.07. The Bertz CT molecular complexity index is 108. The number of hydrogen-bond donors (Lipinski definition) is 2. The molecule has 0 aliphatic rings. The standard InChI is InChI=1S/C9H21NO/c1-5-9(10,6-2)7(3)8(4)11/h7-8,11H,5-6,10H2,1-4H3. The summed E-state index contributed by atoms with van der Waals surface area (Å²) in [6, 6.07) is 0. The summed E-state index contributed by atoms with van der Waals surface area (Å²) in [5, 5.41) is 9.34. The number of rotatable bonds is 4. The van der Waals surface area contributed by atoms with Crippen molar-refractivity contribution < 1.29 is 5.11 Å². The summed E-state index contributed by atoms with van der Waals surface area (Å²) in [5.41, 5.74) is 5.89. The van der Waals surface area contributed by atoms with Crippen molar-refractivity contribution >= 4 is 0 Å². The lowest BCUT2D eigenvalue weighted by Gasteiger charge is -2.35. The van der Waals surface area contributed by atoms with Gasteiger partial charge in [-0.3, -0.25) is 0 Å². The third-order valence-electron chi connectivity index (χ3n) is 2.95. The summed E-state index contributed by atoms with van der Waals surface area (Å²) in [7, 11) is 0. The quantitative estimate of drug-likeness (QED) is 0.653. The van der Waals surface area contributed by atoms with Crippen molar-refractivity contribution in [3.63, 3.8) is 0 Å². The van der Waals surface area contributed by atoms with E-state index in [4.69, 9.17) is 5.73 Å². The molecule has 0 radical (unpaired) electrons. The van der Waals surface area contributed by atoms with Crippen LogP contribution in [0.5, 0.6) is 0 Å². The number of aliphatic hydroxyl groups is 1. The summed E-state index contributed by atoms with van der Waals surface area (Å²) in [6.07, 6.45) is 1.55. The van der Waals surface area contributed by atoms with E-state index in [9.17, 15) is 5.11 Å². The normalized spacial score (nSPS) is 18.0. The van der Waals surface area contributed by atoms with Crippen LogP contribution in [0.2, 0.25) is 0 Å². The molecule has 2 atom stereocenters. The number of hydrogen-bond acceptors (Lipinski definition) is 2. The molecule has 0 saturated carbocycles. The maximum absolute atomic E-state index is 9.34. The smallest absolute Gasteiger partial charge is 0.0555 e. The van der Waals surface area contributed by atoms with Gasteiger partial charge in [0.2, 0.25) is 0 Å². The van der Waals surface area contributed by atoms with E-state index >= 15 is 0 Å². The van der Waals surface area contributed by atoms with Gasteiger partial charge < -0.3 is 10.8 Å². The lowest BCUT2D eigenvalue weighted by atomic mass is 9.79. The molecule has 3 N–H and O–H groups in total. The Kier molecular flexibility index (Phi) is 4.04. The van der Waals surface area contributed by atoms with Crippen LogP contribution >= 0.6 is 0 Å². The van der Waals surface area contributed by atoms with Gasteiger partial charge in [-0.05, 0) is 25.7 Å². The van der Waals surface area contributed by atoms with Crippen LogP contribution in [0, 0.1) is 5.92 Å². The Morgan fingerprint density at radius 1 is 1.27 bits per heavy atom. The topological polar surface area (TPSA) is 46.2 Å². The van der Waals surface area contributed by atoms with E-state index in [0.717, 1.165) is 12.8 Å². The molecule has 2 unspecified atom stereocenters. The summed E-state index contributed by atoms with van der Waals surface area (Å²) in [5.74, 6) is 0.178. The Balaban J connectivity index is 4.24. The lowest BCUT2D eigenvalue weighted by molar-refractivity contribution is 0.0790. The van der Waals surface area contributed by atoms with Gasteiger partial charge in [0.25, 0.3) is 0 Å². The van der Waals surface area contributed by atoms with Crippen LogP contribution < -0.4 is 5.73 Å². The van der Waals surface area contributed by atoms with E-state index in [0.29, 0.717) is 0 Å². The van der Waals surface area contributed by atoms with Crippen molar-refractivity contribution in [2.75, 3.05) is 0 Å². The fourth-order valence-electron chi connectivity index (χ4n) is 1.37. The average Bonchev–Trinajstić information content (AvgIpc) is 2.01. The van der Waals surface area contributed by atoms with E-state index < -0.39 is 0 Å². The zero-order valence-corrected chi connectivity index (χ0v) is 8.09.